The first-order valence-electron chi connectivity index (χ1n) is 16.7. The zero-order valence-electron chi connectivity index (χ0n) is 28.2. The van der Waals surface area contributed by atoms with Crippen molar-refractivity contribution in [1.82, 2.24) is 24.4 Å². The molecule has 2 aliphatic rings. The minimum Gasteiger partial charge on any atom is -0.411 e. The van der Waals surface area contributed by atoms with Crippen molar-refractivity contribution in [2.75, 3.05) is 26.2 Å². The number of urea groups is 1. The molecule has 3 amide bonds. The summed E-state index contributed by atoms with van der Waals surface area (Å²) in [5.74, 6) is -0.453. The third-order valence-corrected chi connectivity index (χ3v) is 11.9. The van der Waals surface area contributed by atoms with Gasteiger partial charge in [0.05, 0.1) is 40.5 Å². The number of amides is 3. The van der Waals surface area contributed by atoms with Crippen LogP contribution in [-0.4, -0.2) is 100 Å². The molecule has 0 unspecified atom stereocenters. The van der Waals surface area contributed by atoms with Gasteiger partial charge >= 0.3 is 6.03 Å². The number of hydrogen-bond donors (Lipinski definition) is 3. The Morgan fingerprint density at radius 3 is 2.45 bits per heavy atom. The van der Waals surface area contributed by atoms with E-state index in [1.54, 1.807) is 21.9 Å². The van der Waals surface area contributed by atoms with Gasteiger partial charge in [0, 0.05) is 31.6 Å². The number of hydrogen-bond acceptors (Lipinski definition) is 9. The van der Waals surface area contributed by atoms with Crippen LogP contribution in [0.2, 0.25) is 0 Å². The summed E-state index contributed by atoms with van der Waals surface area (Å²) in [6.45, 7) is 6.91. The Bertz CT molecular complexity index is 1690. The Labute approximate surface area is 292 Å². The normalized spacial score (nSPS) is 17.6. The van der Waals surface area contributed by atoms with Gasteiger partial charge in [-0.3, -0.25) is 4.79 Å². The maximum atomic E-state index is 14.1. The highest BCUT2D eigenvalue weighted by atomic mass is 32.2. The Balaban J connectivity index is 1.36. The van der Waals surface area contributed by atoms with E-state index in [9.17, 15) is 23.1 Å². The van der Waals surface area contributed by atoms with E-state index in [4.69, 9.17) is 5.21 Å². The van der Waals surface area contributed by atoms with Crippen LogP contribution in [0, 0.1) is 18.8 Å². The van der Waals surface area contributed by atoms with Crippen molar-refractivity contribution in [3.63, 3.8) is 0 Å². The first-order chi connectivity index (χ1) is 23.5. The van der Waals surface area contributed by atoms with E-state index in [1.165, 1.54) is 34.0 Å². The fourth-order valence-corrected chi connectivity index (χ4v) is 8.56. The summed E-state index contributed by atoms with van der Waals surface area (Å²) in [6.07, 6.45) is 3.03. The second-order valence-electron chi connectivity index (χ2n) is 13.2. The highest BCUT2D eigenvalue weighted by molar-refractivity contribution is 7.89. The van der Waals surface area contributed by atoms with E-state index in [0.29, 0.717) is 25.2 Å². The van der Waals surface area contributed by atoms with E-state index >= 15 is 0 Å². The minimum absolute atomic E-state index is 0.0579. The zero-order chi connectivity index (χ0) is 35.1. The van der Waals surface area contributed by atoms with E-state index in [1.807, 2.05) is 56.5 Å². The maximum Gasteiger partial charge on any atom is 0.321 e. The zero-order valence-corrected chi connectivity index (χ0v) is 29.8. The largest absolute Gasteiger partial charge is 0.411 e. The molecule has 2 aromatic carbocycles. The molecule has 3 aromatic rings. The van der Waals surface area contributed by atoms with Crippen LogP contribution in [0.3, 0.4) is 0 Å². The number of aliphatic hydroxyl groups excluding tert-OH is 1. The molecule has 1 saturated carbocycles. The molecule has 14 heteroatoms. The molecule has 3 N–H and O–H groups in total. The first kappa shape index (κ1) is 36.4. The smallest absolute Gasteiger partial charge is 0.321 e. The van der Waals surface area contributed by atoms with Crippen molar-refractivity contribution in [3.05, 3.63) is 81.8 Å². The molecule has 2 heterocycles. The van der Waals surface area contributed by atoms with Crippen LogP contribution in [0.5, 0.6) is 0 Å². The number of nitrogens with zero attached hydrogens (tertiary/aromatic N) is 5. The molecule has 5 rings (SSSR count). The monoisotopic (exact) mass is 710 g/mol. The molecule has 3 atom stereocenters. The summed E-state index contributed by atoms with van der Waals surface area (Å²) in [7, 11) is -4.02. The van der Waals surface area contributed by atoms with Gasteiger partial charge in [0.2, 0.25) is 15.9 Å². The first-order valence-corrected chi connectivity index (χ1v) is 19.0. The fourth-order valence-electron chi connectivity index (χ4n) is 6.42. The number of aromatic nitrogens is 1. The highest BCUT2D eigenvalue weighted by Crippen LogP contribution is 2.30. The molecule has 264 valence electrons. The van der Waals surface area contributed by atoms with Crippen LogP contribution in [-0.2, 0) is 27.8 Å². The van der Waals surface area contributed by atoms with Crippen molar-refractivity contribution in [1.29, 1.82) is 0 Å². The number of rotatable bonds is 16. The second kappa shape index (κ2) is 16.2. The van der Waals surface area contributed by atoms with Crippen LogP contribution in [0.25, 0.3) is 0 Å². The van der Waals surface area contributed by atoms with Gasteiger partial charge in [-0.25, -0.2) is 18.2 Å². The molecule has 1 aliphatic heterocycles. The summed E-state index contributed by atoms with van der Waals surface area (Å²) in [6, 6.07) is 13.5. The lowest BCUT2D eigenvalue weighted by molar-refractivity contribution is -0.128. The number of aliphatic hydroxyl groups is 1. The number of nitrogens with one attached hydrogen (secondary N) is 1. The molecule has 0 spiro atoms. The molecule has 1 aromatic heterocycles. The molecule has 0 radical (unpaired) electrons. The Kier molecular flexibility index (Phi) is 12.1. The van der Waals surface area contributed by atoms with E-state index in [2.05, 4.69) is 15.5 Å². The van der Waals surface area contributed by atoms with Gasteiger partial charge in [-0.1, -0.05) is 67.9 Å². The van der Waals surface area contributed by atoms with Gasteiger partial charge in [-0.2, -0.15) is 4.31 Å². The van der Waals surface area contributed by atoms with Crippen LogP contribution in [0.15, 0.2) is 70.0 Å². The quantitative estimate of drug-likeness (QED) is 0.115. The topological polar surface area (TPSA) is 156 Å². The second-order valence-corrected chi connectivity index (χ2v) is 16.2. The molecule has 49 heavy (non-hydrogen) atoms. The molecule has 2 fully saturated rings. The summed E-state index contributed by atoms with van der Waals surface area (Å²) in [4.78, 5) is 35.5. The van der Waals surface area contributed by atoms with Crippen molar-refractivity contribution >= 4 is 39.5 Å². The molecular weight excluding hydrogens is 665 g/mol. The van der Waals surface area contributed by atoms with Gasteiger partial charge in [0.15, 0.2) is 0 Å². The van der Waals surface area contributed by atoms with E-state index < -0.39 is 34.1 Å². The van der Waals surface area contributed by atoms with E-state index in [-0.39, 0.29) is 42.3 Å². The number of carbonyl (C=O) groups is 2. The summed E-state index contributed by atoms with van der Waals surface area (Å²) >= 11 is 1.53. The number of aryl methyl sites for hydroxylation is 1. The number of sulfonamides is 1. The average Bonchev–Trinajstić information content (AvgIpc) is 3.62. The van der Waals surface area contributed by atoms with Crippen LogP contribution >= 0.6 is 11.3 Å². The van der Waals surface area contributed by atoms with Crippen molar-refractivity contribution in [3.8, 4) is 0 Å². The summed E-state index contributed by atoms with van der Waals surface area (Å²) in [5.41, 5.74) is 2.21. The SMILES string of the molecule is Cc1nc(CN2CCN([C@H](C(=O)N[C@@H](Cc3ccccc3)[C@@H](O)CN(CC3CCC3)S(=O)(=O)c3ccc(C=NO)cc3)C(C)C)C2=O)cs1. The Morgan fingerprint density at radius 2 is 1.86 bits per heavy atom. The minimum atomic E-state index is -4.02. The van der Waals surface area contributed by atoms with E-state index in [0.717, 1.165) is 35.5 Å². The number of oxime groups is 1. The predicted octanol–water partition coefficient (Wildman–Crippen LogP) is 4.10. The molecule has 1 aliphatic carbocycles. The van der Waals surface area contributed by atoms with Crippen LogP contribution in [0.1, 0.15) is 54.9 Å². The lowest BCUT2D eigenvalue weighted by Gasteiger charge is -2.36. The molecule has 0 bridgehead atoms. The number of carbonyl (C=O) groups excluding carboxylic acids is 2. The van der Waals surface area contributed by atoms with Crippen LogP contribution < -0.4 is 5.32 Å². The summed E-state index contributed by atoms with van der Waals surface area (Å²) in [5, 5.41) is 29.6. The Hall–Kier alpha value is -3.85. The van der Waals surface area contributed by atoms with Gasteiger partial charge in [0.25, 0.3) is 0 Å². The van der Waals surface area contributed by atoms with Crippen LogP contribution in [0.4, 0.5) is 4.79 Å². The lowest BCUT2D eigenvalue weighted by Crippen LogP contribution is -2.57. The molecule has 1 saturated heterocycles. The Morgan fingerprint density at radius 1 is 1.14 bits per heavy atom. The van der Waals surface area contributed by atoms with Gasteiger partial charge in [-0.05, 0) is 61.3 Å². The van der Waals surface area contributed by atoms with Gasteiger partial charge < -0.3 is 25.4 Å². The fraction of sp³-hybridized carbons (Fsp3) is 0.486. The average molecular weight is 711 g/mol. The molecule has 12 nitrogen and oxygen atoms in total. The third kappa shape index (κ3) is 9.04. The van der Waals surface area contributed by atoms with Crippen molar-refractivity contribution in [2.24, 2.45) is 17.0 Å². The van der Waals surface area contributed by atoms with Gasteiger partial charge in [0.1, 0.15) is 6.04 Å². The standard InChI is InChI=1S/C35H46N6O6S2/c1-24(2)33(41-17-16-39(35(41)44)21-29-23-48-25(3)37-29)34(43)38-31(18-26-8-5-4-6-9-26)32(42)22-40(20-28-10-7-11-28)49(46,47)30-14-12-27(13-15-30)19-36-45/h4-6,8-9,12-15,19,23-24,28,31-33,42,45H,7,10-11,16-18,20-22H2,1-3H3,(H,38,43)/t31-,32-,33-/m0/s1. The predicted molar refractivity (Wildman–Crippen MR) is 188 cm³/mol. The summed E-state index contributed by atoms with van der Waals surface area (Å²) < 4.78 is 29.3. The number of benzene rings is 2. The number of thiazole rings is 1. The van der Waals surface area contributed by atoms with Gasteiger partial charge in [-0.15, -0.1) is 11.3 Å². The highest BCUT2D eigenvalue weighted by Gasteiger charge is 2.41. The maximum absolute atomic E-state index is 14.1. The third-order valence-electron chi connectivity index (χ3n) is 9.27. The van der Waals surface area contributed by atoms with Crippen molar-refractivity contribution < 1.29 is 28.3 Å². The molecular formula is C35H46N6O6S2. The lowest BCUT2D eigenvalue weighted by atomic mass is 9.85. The van der Waals surface area contributed by atoms with Crippen molar-refractivity contribution in [2.45, 2.75) is 76.1 Å².